The Hall–Kier alpha value is -1.40. The van der Waals surface area contributed by atoms with Crippen LogP contribution < -0.4 is 10.5 Å². The van der Waals surface area contributed by atoms with E-state index in [0.717, 1.165) is 12.8 Å². The fraction of sp³-hybridized carbons (Fsp3) is 0.500. The fourth-order valence-electron chi connectivity index (χ4n) is 2.68. The van der Waals surface area contributed by atoms with Crippen LogP contribution in [0.1, 0.15) is 32.6 Å². The lowest BCUT2D eigenvalue weighted by atomic mass is 9.77. The van der Waals surface area contributed by atoms with E-state index in [4.69, 9.17) is 5.73 Å². The van der Waals surface area contributed by atoms with Crippen LogP contribution in [-0.4, -0.2) is 19.9 Å². The Bertz CT molecular complexity index is 586. The molecule has 2 unspecified atom stereocenters. The number of nitrogens with one attached hydrogen (secondary N) is 1. The number of carbonyl (C=O) groups is 1. The molecule has 0 aromatic heterocycles. The highest BCUT2D eigenvalue weighted by Crippen LogP contribution is 2.30. The quantitative estimate of drug-likeness (QED) is 0.882. The molecule has 0 saturated heterocycles. The number of sulfonamides is 1. The summed E-state index contributed by atoms with van der Waals surface area (Å²) >= 11 is 0. The highest BCUT2D eigenvalue weighted by Gasteiger charge is 2.39. The summed E-state index contributed by atoms with van der Waals surface area (Å²) in [6.45, 7) is 2.03. The van der Waals surface area contributed by atoms with Gasteiger partial charge in [0.2, 0.25) is 0 Å². The molecule has 3 N–H and O–H groups in total. The zero-order chi connectivity index (χ0) is 14.8. The van der Waals surface area contributed by atoms with Gasteiger partial charge < -0.3 is 5.73 Å². The molecule has 1 saturated carbocycles. The molecule has 0 bridgehead atoms. The van der Waals surface area contributed by atoms with Crippen LogP contribution in [0.5, 0.6) is 0 Å². The van der Waals surface area contributed by atoms with Crippen molar-refractivity contribution in [1.29, 1.82) is 0 Å². The van der Waals surface area contributed by atoms with Crippen LogP contribution in [0, 0.1) is 5.92 Å². The summed E-state index contributed by atoms with van der Waals surface area (Å²) in [5, 5.41) is 0. The second-order valence-corrected chi connectivity index (χ2v) is 7.29. The lowest BCUT2D eigenvalue weighted by Gasteiger charge is -2.35. The van der Waals surface area contributed by atoms with Gasteiger partial charge in [-0.2, -0.15) is 0 Å². The van der Waals surface area contributed by atoms with Crippen molar-refractivity contribution in [2.75, 3.05) is 0 Å². The van der Waals surface area contributed by atoms with Gasteiger partial charge in [0, 0.05) is 0 Å². The van der Waals surface area contributed by atoms with E-state index in [1.165, 1.54) is 12.1 Å². The maximum absolute atomic E-state index is 12.2. The Morgan fingerprint density at radius 2 is 2.00 bits per heavy atom. The van der Waals surface area contributed by atoms with E-state index >= 15 is 0 Å². The lowest BCUT2D eigenvalue weighted by Crippen LogP contribution is -2.57. The Labute approximate surface area is 119 Å². The first-order chi connectivity index (χ1) is 9.33. The maximum Gasteiger partial charge on any atom is 0.264 e. The highest BCUT2D eigenvalue weighted by molar-refractivity contribution is 7.90. The van der Waals surface area contributed by atoms with Gasteiger partial charge in [0.15, 0.2) is 0 Å². The number of amides is 1. The van der Waals surface area contributed by atoms with Crippen LogP contribution in [-0.2, 0) is 14.8 Å². The number of hydrogen-bond acceptors (Lipinski definition) is 4. The molecule has 1 aromatic carbocycles. The van der Waals surface area contributed by atoms with E-state index in [0.29, 0.717) is 18.8 Å². The summed E-state index contributed by atoms with van der Waals surface area (Å²) < 4.78 is 26.4. The van der Waals surface area contributed by atoms with Gasteiger partial charge in [-0.15, -0.1) is 0 Å². The lowest BCUT2D eigenvalue weighted by molar-refractivity contribution is -0.126. The minimum Gasteiger partial charge on any atom is -0.317 e. The van der Waals surface area contributed by atoms with Gasteiger partial charge >= 0.3 is 0 Å². The third-order valence-electron chi connectivity index (χ3n) is 3.77. The normalized spacial score (nSPS) is 27.0. The summed E-state index contributed by atoms with van der Waals surface area (Å²) in [4.78, 5) is 12.3. The van der Waals surface area contributed by atoms with Crippen molar-refractivity contribution in [2.45, 2.75) is 43.0 Å². The summed E-state index contributed by atoms with van der Waals surface area (Å²) in [7, 11) is -3.84. The summed E-state index contributed by atoms with van der Waals surface area (Å²) in [6.07, 6.45) is 2.91. The first-order valence-electron chi connectivity index (χ1n) is 6.75. The molecule has 1 fully saturated rings. The Morgan fingerprint density at radius 1 is 1.35 bits per heavy atom. The molecule has 1 aliphatic rings. The van der Waals surface area contributed by atoms with Crippen LogP contribution >= 0.6 is 0 Å². The maximum atomic E-state index is 12.2. The Kier molecular flexibility index (Phi) is 4.15. The first kappa shape index (κ1) is 15.0. The minimum atomic E-state index is -3.84. The van der Waals surface area contributed by atoms with Gasteiger partial charge in [0.05, 0.1) is 10.4 Å². The molecule has 0 heterocycles. The number of rotatable bonds is 3. The van der Waals surface area contributed by atoms with Crippen molar-refractivity contribution in [1.82, 2.24) is 4.72 Å². The van der Waals surface area contributed by atoms with Gasteiger partial charge in [-0.05, 0) is 30.9 Å². The molecule has 110 valence electrons. The molecule has 0 spiro atoms. The van der Waals surface area contributed by atoms with E-state index in [1.54, 1.807) is 18.2 Å². The van der Waals surface area contributed by atoms with E-state index in [1.807, 2.05) is 6.92 Å². The van der Waals surface area contributed by atoms with Crippen molar-refractivity contribution in [3.8, 4) is 0 Å². The molecular formula is C14H20N2O3S. The van der Waals surface area contributed by atoms with Crippen LogP contribution in [0.4, 0.5) is 0 Å². The van der Waals surface area contributed by atoms with E-state index in [9.17, 15) is 13.2 Å². The molecule has 2 atom stereocenters. The Morgan fingerprint density at radius 3 is 2.60 bits per heavy atom. The SMILES string of the molecule is CC1CCCC(N)(C(=O)NS(=O)(=O)c2ccccc2)C1. The van der Waals surface area contributed by atoms with Crippen LogP contribution in [0.25, 0.3) is 0 Å². The highest BCUT2D eigenvalue weighted by atomic mass is 32.2. The smallest absolute Gasteiger partial charge is 0.264 e. The second-order valence-electron chi connectivity index (χ2n) is 5.61. The predicted molar refractivity (Wildman–Crippen MR) is 76.3 cm³/mol. The molecule has 5 nitrogen and oxygen atoms in total. The average molecular weight is 296 g/mol. The molecule has 0 radical (unpaired) electrons. The van der Waals surface area contributed by atoms with Gasteiger partial charge in [-0.1, -0.05) is 38.0 Å². The zero-order valence-corrected chi connectivity index (χ0v) is 12.3. The standard InChI is InChI=1S/C14H20N2O3S/c1-11-6-5-9-14(15,10-11)13(17)16-20(18,19)12-7-3-2-4-8-12/h2-4,7-8,11H,5-6,9-10,15H2,1H3,(H,16,17). The van der Waals surface area contributed by atoms with E-state index in [2.05, 4.69) is 4.72 Å². The molecule has 6 heteroatoms. The van der Waals surface area contributed by atoms with Crippen molar-refractivity contribution in [3.05, 3.63) is 30.3 Å². The third-order valence-corrected chi connectivity index (χ3v) is 5.11. The van der Waals surface area contributed by atoms with Gasteiger partial charge in [-0.3, -0.25) is 4.79 Å². The second kappa shape index (κ2) is 5.54. The Balaban J connectivity index is 2.15. The summed E-state index contributed by atoms with van der Waals surface area (Å²) in [6, 6.07) is 7.83. The largest absolute Gasteiger partial charge is 0.317 e. The minimum absolute atomic E-state index is 0.0702. The molecule has 1 aromatic rings. The number of nitrogens with two attached hydrogens (primary N) is 1. The monoisotopic (exact) mass is 296 g/mol. The van der Waals surface area contributed by atoms with Gasteiger partial charge in [0.25, 0.3) is 15.9 Å². The zero-order valence-electron chi connectivity index (χ0n) is 11.5. The molecule has 0 aliphatic heterocycles. The summed E-state index contributed by atoms with van der Waals surface area (Å²) in [5.74, 6) is -0.271. The molecule has 2 rings (SSSR count). The van der Waals surface area contributed by atoms with Crippen molar-refractivity contribution < 1.29 is 13.2 Å². The van der Waals surface area contributed by atoms with Gasteiger partial charge in [0.1, 0.15) is 0 Å². The third kappa shape index (κ3) is 3.19. The van der Waals surface area contributed by atoms with E-state index < -0.39 is 21.5 Å². The predicted octanol–water partition coefficient (Wildman–Crippen LogP) is 1.40. The van der Waals surface area contributed by atoms with Gasteiger partial charge in [-0.25, -0.2) is 13.1 Å². The van der Waals surface area contributed by atoms with Crippen LogP contribution in [0.2, 0.25) is 0 Å². The molecule has 20 heavy (non-hydrogen) atoms. The number of benzene rings is 1. The topological polar surface area (TPSA) is 89.3 Å². The van der Waals surface area contributed by atoms with Crippen molar-refractivity contribution in [2.24, 2.45) is 11.7 Å². The van der Waals surface area contributed by atoms with Crippen LogP contribution in [0.15, 0.2) is 35.2 Å². The number of hydrogen-bond donors (Lipinski definition) is 2. The fourth-order valence-corrected chi connectivity index (χ4v) is 3.76. The van der Waals surface area contributed by atoms with Crippen LogP contribution in [0.3, 0.4) is 0 Å². The molecule has 1 aliphatic carbocycles. The van der Waals surface area contributed by atoms with Crippen molar-refractivity contribution in [3.63, 3.8) is 0 Å². The molecule has 1 amide bonds. The van der Waals surface area contributed by atoms with Crippen molar-refractivity contribution >= 4 is 15.9 Å². The first-order valence-corrected chi connectivity index (χ1v) is 8.23. The number of carbonyl (C=O) groups excluding carboxylic acids is 1. The molecular weight excluding hydrogens is 276 g/mol. The van der Waals surface area contributed by atoms with E-state index in [-0.39, 0.29) is 4.90 Å². The summed E-state index contributed by atoms with van der Waals surface area (Å²) in [5.41, 5.74) is 5.02. The average Bonchev–Trinajstić information content (AvgIpc) is 2.39.